The first kappa shape index (κ1) is 23.3. The third-order valence-corrected chi connectivity index (χ3v) is 3.38. The molecule has 0 aromatic carbocycles. The van der Waals surface area contributed by atoms with Gasteiger partial charge in [0.25, 0.3) is 0 Å². The minimum atomic E-state index is -4.48. The standard InChI is InChI=1S/C12H26O4S.C3H5NO/c1-2-3-4-5-6-7-8-9-10-11-12-16-17(13,14)15;1-2-3(4)5/h2-12H2,1H3,(H,13,14,15);2H,1H2,(H2,4,5)/p-1. The lowest BCUT2D eigenvalue weighted by atomic mass is 10.1. The third kappa shape index (κ3) is 27.4. The van der Waals surface area contributed by atoms with Crippen molar-refractivity contribution < 1.29 is 21.9 Å². The van der Waals surface area contributed by atoms with Crippen LogP contribution in [-0.2, 0) is 19.4 Å². The van der Waals surface area contributed by atoms with Gasteiger partial charge in [0.15, 0.2) is 0 Å². The highest BCUT2D eigenvalue weighted by molar-refractivity contribution is 7.80. The molecular formula is C15H30NO5S-. The first-order chi connectivity index (χ1) is 10.3. The van der Waals surface area contributed by atoms with Crippen molar-refractivity contribution in [2.24, 2.45) is 5.73 Å². The topological polar surface area (TPSA) is 110 Å². The second-order valence-corrected chi connectivity index (χ2v) is 6.07. The molecule has 0 heterocycles. The molecule has 6 nitrogen and oxygen atoms in total. The molecule has 0 rings (SSSR count). The molecule has 22 heavy (non-hydrogen) atoms. The van der Waals surface area contributed by atoms with E-state index in [4.69, 9.17) is 0 Å². The van der Waals surface area contributed by atoms with Gasteiger partial charge in [0.2, 0.25) is 16.3 Å². The zero-order valence-corrected chi connectivity index (χ0v) is 14.4. The van der Waals surface area contributed by atoms with E-state index >= 15 is 0 Å². The van der Waals surface area contributed by atoms with Crippen molar-refractivity contribution in [3.63, 3.8) is 0 Å². The normalized spacial score (nSPS) is 10.6. The van der Waals surface area contributed by atoms with Gasteiger partial charge in [-0.1, -0.05) is 71.3 Å². The maximum Gasteiger partial charge on any atom is 0.240 e. The molecule has 0 radical (unpaired) electrons. The average Bonchev–Trinajstić information content (AvgIpc) is 2.44. The quantitative estimate of drug-likeness (QED) is 0.240. The molecule has 0 aliphatic rings. The average molecular weight is 336 g/mol. The van der Waals surface area contributed by atoms with Gasteiger partial charge in [0.1, 0.15) is 0 Å². The summed E-state index contributed by atoms with van der Waals surface area (Å²) >= 11 is 0. The summed E-state index contributed by atoms with van der Waals surface area (Å²) < 4.78 is 34.5. The van der Waals surface area contributed by atoms with Crippen LogP contribution in [0, 0.1) is 0 Å². The Labute approximate surface area is 135 Å². The molecule has 0 atom stereocenters. The number of amides is 1. The molecule has 0 fully saturated rings. The summed E-state index contributed by atoms with van der Waals surface area (Å²) in [5, 5.41) is 0. The fraction of sp³-hybridized carbons (Fsp3) is 0.800. The zero-order chi connectivity index (χ0) is 17.3. The molecule has 0 bridgehead atoms. The van der Waals surface area contributed by atoms with Gasteiger partial charge in [-0.3, -0.25) is 8.98 Å². The molecule has 0 aromatic heterocycles. The number of rotatable bonds is 13. The molecule has 0 aliphatic heterocycles. The third-order valence-electron chi connectivity index (χ3n) is 2.93. The molecule has 132 valence electrons. The van der Waals surface area contributed by atoms with Crippen molar-refractivity contribution in [3.8, 4) is 0 Å². The second kappa shape index (κ2) is 16.5. The molecule has 0 saturated carbocycles. The summed E-state index contributed by atoms with van der Waals surface area (Å²) in [4.78, 5) is 9.47. The highest BCUT2D eigenvalue weighted by Gasteiger charge is 1.95. The van der Waals surface area contributed by atoms with E-state index in [1.165, 1.54) is 44.9 Å². The van der Waals surface area contributed by atoms with E-state index in [0.29, 0.717) is 6.42 Å². The fourth-order valence-corrected chi connectivity index (χ4v) is 2.07. The van der Waals surface area contributed by atoms with Crippen LogP contribution in [0.5, 0.6) is 0 Å². The Morgan fingerprint density at radius 2 is 1.41 bits per heavy atom. The number of carbonyl (C=O) groups excluding carboxylic acids is 1. The summed E-state index contributed by atoms with van der Waals surface area (Å²) in [6.07, 6.45) is 12.8. The van der Waals surface area contributed by atoms with Gasteiger partial charge in [0, 0.05) is 0 Å². The number of hydrogen-bond donors (Lipinski definition) is 1. The SMILES string of the molecule is C=CC(N)=O.CCCCCCCCCCCCOS(=O)(=O)[O-]. The van der Waals surface area contributed by atoms with E-state index in [9.17, 15) is 17.8 Å². The van der Waals surface area contributed by atoms with Crippen LogP contribution >= 0.6 is 0 Å². The smallest absolute Gasteiger partial charge is 0.240 e. The maximum atomic E-state index is 10.1. The number of hydrogen-bond acceptors (Lipinski definition) is 5. The fourth-order valence-electron chi connectivity index (χ4n) is 1.75. The van der Waals surface area contributed by atoms with Gasteiger partial charge in [-0.05, 0) is 12.5 Å². The van der Waals surface area contributed by atoms with Crippen LogP contribution in [-0.4, -0.2) is 25.5 Å². The van der Waals surface area contributed by atoms with Gasteiger partial charge >= 0.3 is 0 Å². The lowest BCUT2D eigenvalue weighted by Crippen LogP contribution is -2.05. The van der Waals surface area contributed by atoms with Crippen LogP contribution in [0.1, 0.15) is 71.1 Å². The van der Waals surface area contributed by atoms with Gasteiger partial charge in [-0.25, -0.2) is 8.42 Å². The van der Waals surface area contributed by atoms with E-state index in [2.05, 4.69) is 23.4 Å². The van der Waals surface area contributed by atoms with Crippen molar-refractivity contribution in [2.45, 2.75) is 71.1 Å². The number of carbonyl (C=O) groups is 1. The molecule has 0 aliphatic carbocycles. The molecule has 0 saturated heterocycles. The van der Waals surface area contributed by atoms with Crippen molar-refractivity contribution in [1.29, 1.82) is 0 Å². The summed E-state index contributed by atoms with van der Waals surface area (Å²) in [6, 6.07) is 0. The Hall–Kier alpha value is -0.920. The van der Waals surface area contributed by atoms with Gasteiger partial charge in [-0.2, -0.15) is 0 Å². The van der Waals surface area contributed by atoms with Crippen LogP contribution in [0.25, 0.3) is 0 Å². The first-order valence-corrected chi connectivity index (χ1v) is 9.19. The lowest BCUT2D eigenvalue weighted by molar-refractivity contribution is -0.113. The van der Waals surface area contributed by atoms with E-state index in [1.54, 1.807) is 0 Å². The van der Waals surface area contributed by atoms with Crippen molar-refractivity contribution in [1.82, 2.24) is 0 Å². The Kier molecular flexibility index (Phi) is 17.5. The summed E-state index contributed by atoms with van der Waals surface area (Å²) in [7, 11) is -4.48. The molecular weight excluding hydrogens is 306 g/mol. The highest BCUT2D eigenvalue weighted by atomic mass is 32.3. The zero-order valence-electron chi connectivity index (χ0n) is 13.6. The van der Waals surface area contributed by atoms with Crippen molar-refractivity contribution in [2.75, 3.05) is 6.61 Å². The minimum Gasteiger partial charge on any atom is -0.726 e. The summed E-state index contributed by atoms with van der Waals surface area (Å²) in [5.74, 6) is -0.481. The van der Waals surface area contributed by atoms with E-state index < -0.39 is 16.3 Å². The molecule has 7 heteroatoms. The van der Waals surface area contributed by atoms with Crippen molar-refractivity contribution >= 4 is 16.3 Å². The summed E-state index contributed by atoms with van der Waals surface area (Å²) in [5.41, 5.74) is 4.53. The van der Waals surface area contributed by atoms with Crippen LogP contribution < -0.4 is 5.73 Å². The van der Waals surface area contributed by atoms with E-state index in [0.717, 1.165) is 18.9 Å². The Bertz CT molecular complexity index is 368. The highest BCUT2D eigenvalue weighted by Crippen LogP contribution is 2.10. The number of nitrogens with two attached hydrogens (primary N) is 1. The van der Waals surface area contributed by atoms with Crippen LogP contribution in [0.15, 0.2) is 12.7 Å². The molecule has 1 amide bonds. The van der Waals surface area contributed by atoms with E-state index in [1.807, 2.05) is 0 Å². The molecule has 0 aromatic rings. The Morgan fingerprint density at radius 1 is 1.05 bits per heavy atom. The Morgan fingerprint density at radius 3 is 1.73 bits per heavy atom. The monoisotopic (exact) mass is 336 g/mol. The van der Waals surface area contributed by atoms with Gasteiger partial charge < -0.3 is 10.3 Å². The summed E-state index contributed by atoms with van der Waals surface area (Å²) in [6.45, 7) is 5.33. The predicted molar refractivity (Wildman–Crippen MR) is 86.9 cm³/mol. The second-order valence-electron chi connectivity index (χ2n) is 5.02. The van der Waals surface area contributed by atoms with Gasteiger partial charge in [0.05, 0.1) is 6.61 Å². The van der Waals surface area contributed by atoms with Crippen LogP contribution in [0.3, 0.4) is 0 Å². The predicted octanol–water partition coefficient (Wildman–Crippen LogP) is 3.04. The van der Waals surface area contributed by atoms with Gasteiger partial charge in [-0.15, -0.1) is 0 Å². The first-order valence-electron chi connectivity index (χ1n) is 7.85. The largest absolute Gasteiger partial charge is 0.726 e. The lowest BCUT2D eigenvalue weighted by Gasteiger charge is -2.06. The number of primary amides is 1. The number of unbranched alkanes of at least 4 members (excludes halogenated alkanes) is 9. The van der Waals surface area contributed by atoms with E-state index in [-0.39, 0.29) is 6.61 Å². The Balaban J connectivity index is 0. The van der Waals surface area contributed by atoms with Crippen LogP contribution in [0.4, 0.5) is 0 Å². The maximum absolute atomic E-state index is 10.1. The minimum absolute atomic E-state index is 0.0301. The molecule has 0 unspecified atom stereocenters. The van der Waals surface area contributed by atoms with Crippen molar-refractivity contribution in [3.05, 3.63) is 12.7 Å². The van der Waals surface area contributed by atoms with Crippen LogP contribution in [0.2, 0.25) is 0 Å². The molecule has 0 spiro atoms. The molecule has 2 N–H and O–H groups in total.